The van der Waals surface area contributed by atoms with E-state index in [1.165, 1.54) is 12.6 Å². The Hall–Kier alpha value is -0.920. The fourth-order valence-electron chi connectivity index (χ4n) is 3.14. The summed E-state index contributed by atoms with van der Waals surface area (Å²) in [5, 5.41) is 7.14. The van der Waals surface area contributed by atoms with Gasteiger partial charge in [0.05, 0.1) is 12.7 Å². The first-order valence-electron chi connectivity index (χ1n) is 6.80. The van der Waals surface area contributed by atoms with Crippen molar-refractivity contribution >= 4 is 10.0 Å². The number of hydrogen-bond acceptors (Lipinski definition) is 4. The van der Waals surface area contributed by atoms with Crippen molar-refractivity contribution in [2.24, 2.45) is 5.92 Å². The third-order valence-corrected chi connectivity index (χ3v) is 6.04. The van der Waals surface area contributed by atoms with Gasteiger partial charge < -0.3 is 5.32 Å². The number of aromatic nitrogens is 2. The lowest BCUT2D eigenvalue weighted by molar-refractivity contribution is 0.333. The third-order valence-electron chi connectivity index (χ3n) is 4.17. The maximum atomic E-state index is 12.6. The number of rotatable bonds is 5. The summed E-state index contributed by atoms with van der Waals surface area (Å²) in [6.07, 6.45) is 6.33. The second-order valence-electron chi connectivity index (χ2n) is 5.45. The second-order valence-corrected chi connectivity index (χ2v) is 7.34. The van der Waals surface area contributed by atoms with Crippen LogP contribution in [0, 0.1) is 5.92 Å². The predicted molar refractivity (Wildman–Crippen MR) is 71.2 cm³/mol. The molecule has 2 unspecified atom stereocenters. The van der Waals surface area contributed by atoms with E-state index < -0.39 is 10.0 Å². The molecule has 2 aliphatic rings. The summed E-state index contributed by atoms with van der Waals surface area (Å²) in [4.78, 5) is 0.330. The van der Waals surface area contributed by atoms with Crippen molar-refractivity contribution in [3.05, 3.63) is 12.4 Å². The maximum absolute atomic E-state index is 12.6. The lowest BCUT2D eigenvalue weighted by Crippen LogP contribution is -2.37. The van der Waals surface area contributed by atoms with E-state index in [-0.39, 0.29) is 6.04 Å². The largest absolute Gasteiger partial charge is 0.318 e. The van der Waals surface area contributed by atoms with Crippen molar-refractivity contribution < 1.29 is 8.42 Å². The molecule has 3 rings (SSSR count). The zero-order chi connectivity index (χ0) is 13.5. The highest BCUT2D eigenvalue weighted by Gasteiger charge is 2.44. The van der Waals surface area contributed by atoms with Gasteiger partial charge in [-0.15, -0.1) is 0 Å². The van der Waals surface area contributed by atoms with E-state index in [0.717, 1.165) is 19.4 Å². The second kappa shape index (κ2) is 4.88. The van der Waals surface area contributed by atoms with Crippen molar-refractivity contribution in [3.63, 3.8) is 0 Å². The molecular formula is C12H20N4O2S. The normalized spacial score (nSPS) is 27.2. The van der Waals surface area contributed by atoms with Gasteiger partial charge in [0.1, 0.15) is 4.90 Å². The SMILES string of the molecule is CNCCn1cc(S(=O)(=O)N2CC3CCC2C3)cn1. The van der Waals surface area contributed by atoms with E-state index in [0.29, 0.717) is 23.9 Å². The topological polar surface area (TPSA) is 67.2 Å². The van der Waals surface area contributed by atoms with Crippen LogP contribution in [0.4, 0.5) is 0 Å². The van der Waals surface area contributed by atoms with Crippen molar-refractivity contribution in [1.29, 1.82) is 0 Å². The zero-order valence-electron chi connectivity index (χ0n) is 11.1. The van der Waals surface area contributed by atoms with Gasteiger partial charge in [-0.25, -0.2) is 8.42 Å². The minimum atomic E-state index is -3.34. The molecule has 0 radical (unpaired) electrons. The molecule has 1 aliphatic heterocycles. The number of likely N-dealkylation sites (N-methyl/N-ethyl adjacent to an activating group) is 1. The van der Waals surface area contributed by atoms with E-state index in [1.54, 1.807) is 15.2 Å². The molecule has 19 heavy (non-hydrogen) atoms. The van der Waals surface area contributed by atoms with Gasteiger partial charge in [-0.05, 0) is 32.2 Å². The molecule has 2 atom stereocenters. The van der Waals surface area contributed by atoms with Gasteiger partial charge in [0, 0.05) is 25.3 Å². The highest BCUT2D eigenvalue weighted by molar-refractivity contribution is 7.89. The minimum Gasteiger partial charge on any atom is -0.318 e. The highest BCUT2D eigenvalue weighted by Crippen LogP contribution is 2.40. The molecule has 106 valence electrons. The number of nitrogens with one attached hydrogen (secondary N) is 1. The molecule has 1 aliphatic carbocycles. The first-order chi connectivity index (χ1) is 9.11. The van der Waals surface area contributed by atoms with Crippen molar-refractivity contribution in [2.45, 2.75) is 36.7 Å². The molecule has 6 nitrogen and oxygen atoms in total. The molecule has 1 N–H and O–H groups in total. The Morgan fingerprint density at radius 1 is 1.47 bits per heavy atom. The van der Waals surface area contributed by atoms with Crippen LogP contribution >= 0.6 is 0 Å². The summed E-state index contributed by atoms with van der Waals surface area (Å²) in [5.41, 5.74) is 0. The van der Waals surface area contributed by atoms with Crippen LogP contribution < -0.4 is 5.32 Å². The monoisotopic (exact) mass is 284 g/mol. The molecular weight excluding hydrogens is 264 g/mol. The van der Waals surface area contributed by atoms with Crippen molar-refractivity contribution in [3.8, 4) is 0 Å². The van der Waals surface area contributed by atoms with Crippen LogP contribution in [0.15, 0.2) is 17.3 Å². The Morgan fingerprint density at radius 2 is 2.32 bits per heavy atom. The maximum Gasteiger partial charge on any atom is 0.246 e. The van der Waals surface area contributed by atoms with Crippen LogP contribution in [0.3, 0.4) is 0 Å². The first kappa shape index (κ1) is 13.1. The molecule has 2 fully saturated rings. The van der Waals surface area contributed by atoms with Gasteiger partial charge >= 0.3 is 0 Å². The standard InChI is InChI=1S/C12H20N4O2S/c1-13-4-5-15-9-12(7-14-15)19(17,18)16-8-10-2-3-11(16)6-10/h7,9-11,13H,2-6,8H2,1H3. The summed E-state index contributed by atoms with van der Waals surface area (Å²) in [7, 11) is -1.48. The van der Waals surface area contributed by atoms with E-state index in [9.17, 15) is 8.42 Å². The number of hydrogen-bond donors (Lipinski definition) is 1. The zero-order valence-corrected chi connectivity index (χ0v) is 11.9. The van der Waals surface area contributed by atoms with Crippen molar-refractivity contribution in [1.82, 2.24) is 19.4 Å². The molecule has 1 saturated carbocycles. The van der Waals surface area contributed by atoms with Gasteiger partial charge in [0.25, 0.3) is 0 Å². The van der Waals surface area contributed by atoms with Gasteiger partial charge in [0.15, 0.2) is 0 Å². The summed E-state index contributed by atoms with van der Waals surface area (Å²) in [5.74, 6) is 0.569. The van der Waals surface area contributed by atoms with Gasteiger partial charge in [-0.2, -0.15) is 9.40 Å². The van der Waals surface area contributed by atoms with Crippen LogP contribution in [0.1, 0.15) is 19.3 Å². The molecule has 1 aromatic rings. The number of sulfonamides is 1. The Labute approximate surface area is 113 Å². The van der Waals surface area contributed by atoms with Gasteiger partial charge in [-0.3, -0.25) is 4.68 Å². The van der Waals surface area contributed by atoms with Crippen LogP contribution in [0.5, 0.6) is 0 Å². The minimum absolute atomic E-state index is 0.218. The van der Waals surface area contributed by atoms with E-state index >= 15 is 0 Å². The van der Waals surface area contributed by atoms with E-state index in [1.807, 2.05) is 7.05 Å². The predicted octanol–water partition coefficient (Wildman–Crippen LogP) is 0.275. The molecule has 7 heteroatoms. The fourth-order valence-corrected chi connectivity index (χ4v) is 4.83. The summed E-state index contributed by atoms with van der Waals surface area (Å²) in [6, 6.07) is 0.218. The number of piperidine rings is 1. The fraction of sp³-hybridized carbons (Fsp3) is 0.750. The quantitative estimate of drug-likeness (QED) is 0.843. The number of fused-ring (bicyclic) bond motifs is 2. The Kier molecular flexibility index (Phi) is 3.36. The first-order valence-corrected chi connectivity index (χ1v) is 8.24. The highest BCUT2D eigenvalue weighted by atomic mass is 32.2. The summed E-state index contributed by atoms with van der Waals surface area (Å²) in [6.45, 7) is 2.14. The van der Waals surface area contributed by atoms with Crippen LogP contribution in [-0.4, -0.2) is 48.7 Å². The molecule has 2 heterocycles. The lowest BCUT2D eigenvalue weighted by Gasteiger charge is -2.25. The molecule has 1 saturated heterocycles. The van der Waals surface area contributed by atoms with Gasteiger partial charge in [-0.1, -0.05) is 0 Å². The Bertz CT molecular complexity index is 554. The molecule has 2 bridgehead atoms. The number of nitrogens with zero attached hydrogens (tertiary/aromatic N) is 3. The average molecular weight is 284 g/mol. The molecule has 1 aromatic heterocycles. The Balaban J connectivity index is 1.78. The van der Waals surface area contributed by atoms with Gasteiger partial charge in [0.2, 0.25) is 10.0 Å². The van der Waals surface area contributed by atoms with Crippen LogP contribution in [0.25, 0.3) is 0 Å². The lowest BCUT2D eigenvalue weighted by atomic mass is 10.1. The molecule has 0 spiro atoms. The summed E-state index contributed by atoms with van der Waals surface area (Å²) >= 11 is 0. The average Bonchev–Trinajstić information content (AvgIpc) is 3.11. The summed E-state index contributed by atoms with van der Waals surface area (Å²) < 4.78 is 28.5. The van der Waals surface area contributed by atoms with Crippen LogP contribution in [0.2, 0.25) is 0 Å². The smallest absolute Gasteiger partial charge is 0.246 e. The van der Waals surface area contributed by atoms with Crippen molar-refractivity contribution in [2.75, 3.05) is 20.1 Å². The third kappa shape index (κ3) is 2.30. The Morgan fingerprint density at radius 3 is 2.95 bits per heavy atom. The van der Waals surface area contributed by atoms with E-state index in [4.69, 9.17) is 0 Å². The van der Waals surface area contributed by atoms with E-state index in [2.05, 4.69) is 10.4 Å². The molecule has 0 amide bonds. The van der Waals surface area contributed by atoms with Crippen LogP contribution in [-0.2, 0) is 16.6 Å². The molecule has 0 aromatic carbocycles.